The van der Waals surface area contributed by atoms with Gasteiger partial charge in [-0.05, 0) is 46.4 Å². The summed E-state index contributed by atoms with van der Waals surface area (Å²) >= 11 is 13.3. The molecule has 6 nitrogen and oxygen atoms in total. The lowest BCUT2D eigenvalue weighted by molar-refractivity contribution is -0.414. The van der Waals surface area contributed by atoms with E-state index in [1.807, 2.05) is 22.6 Å². The third-order valence-electron chi connectivity index (χ3n) is 4.17. The van der Waals surface area contributed by atoms with Gasteiger partial charge in [0.2, 0.25) is 0 Å². The third kappa shape index (κ3) is 4.16. The second-order valence-corrected chi connectivity index (χ2v) is 8.05. The number of thiocarbonyl (C=S) groups is 1. The molecule has 3 rings (SSSR count). The van der Waals surface area contributed by atoms with Crippen molar-refractivity contribution in [2.75, 3.05) is 5.32 Å². The van der Waals surface area contributed by atoms with Crippen LogP contribution in [0.25, 0.3) is 5.57 Å². The van der Waals surface area contributed by atoms with Gasteiger partial charge in [-0.15, -0.1) is 0 Å². The van der Waals surface area contributed by atoms with Crippen LogP contribution in [0.2, 0.25) is 5.02 Å². The fraction of sp³-hybridized carbons (Fsp3) is 0.0526. The normalized spacial score (nSPS) is 16.8. The van der Waals surface area contributed by atoms with E-state index >= 15 is 4.39 Å². The first-order chi connectivity index (χ1) is 13.7. The number of hydrogen-bond donors (Lipinski definition) is 2. The minimum absolute atomic E-state index is 0.205. The van der Waals surface area contributed by atoms with E-state index in [0.717, 1.165) is 3.57 Å². The standard InChI is InChI=1S/C19H11ClFIN2O4S/c20-11-8-10(22)6-7-12(11)23-16-14(19(25)26)18(29)17(24(27)28)13(15(16)21)9-4-2-1-3-5-9/h1-8,14,23H,(H,25,26). The van der Waals surface area contributed by atoms with E-state index in [1.165, 1.54) is 12.1 Å². The summed E-state index contributed by atoms with van der Waals surface area (Å²) in [6, 6.07) is 12.7. The van der Waals surface area contributed by atoms with Gasteiger partial charge in [0.25, 0.3) is 5.70 Å². The zero-order valence-corrected chi connectivity index (χ0v) is 18.1. The molecule has 10 heteroatoms. The number of allylic oxidation sites excluding steroid dienone is 3. The molecule has 1 aliphatic carbocycles. The highest BCUT2D eigenvalue weighted by molar-refractivity contribution is 14.1. The van der Waals surface area contributed by atoms with E-state index in [2.05, 4.69) is 5.32 Å². The van der Waals surface area contributed by atoms with Gasteiger partial charge in [0, 0.05) is 3.57 Å². The number of carbonyl (C=O) groups is 1. The Kier molecular flexibility index (Phi) is 6.30. The van der Waals surface area contributed by atoms with Crippen molar-refractivity contribution >= 4 is 68.5 Å². The first-order valence-electron chi connectivity index (χ1n) is 8.05. The van der Waals surface area contributed by atoms with Gasteiger partial charge in [0.1, 0.15) is 10.8 Å². The maximum Gasteiger partial charge on any atom is 0.318 e. The maximum absolute atomic E-state index is 15.6. The molecule has 1 unspecified atom stereocenters. The molecule has 0 fully saturated rings. The van der Waals surface area contributed by atoms with Crippen molar-refractivity contribution in [3.8, 4) is 0 Å². The minimum atomic E-state index is -1.74. The van der Waals surface area contributed by atoms with Crippen molar-refractivity contribution < 1.29 is 19.2 Å². The Balaban J connectivity index is 2.26. The van der Waals surface area contributed by atoms with E-state index in [-0.39, 0.29) is 21.8 Å². The second-order valence-electron chi connectivity index (χ2n) is 5.96. The summed E-state index contributed by atoms with van der Waals surface area (Å²) in [5, 5.41) is 24.2. The molecule has 148 valence electrons. The molecule has 2 N–H and O–H groups in total. The molecule has 2 aromatic rings. The highest BCUT2D eigenvalue weighted by atomic mass is 127. The van der Waals surface area contributed by atoms with Crippen LogP contribution in [0.15, 0.2) is 65.8 Å². The molecule has 2 aromatic carbocycles. The molecule has 0 amide bonds. The highest BCUT2D eigenvalue weighted by Gasteiger charge is 2.45. The molecule has 0 aliphatic heterocycles. The lowest BCUT2D eigenvalue weighted by Crippen LogP contribution is -2.35. The molecule has 1 atom stereocenters. The van der Waals surface area contributed by atoms with Crippen LogP contribution in [-0.4, -0.2) is 20.9 Å². The highest BCUT2D eigenvalue weighted by Crippen LogP contribution is 2.41. The average molecular weight is 545 g/mol. The maximum atomic E-state index is 15.6. The Hall–Kier alpha value is -2.37. The Morgan fingerprint density at radius 2 is 1.93 bits per heavy atom. The predicted molar refractivity (Wildman–Crippen MR) is 120 cm³/mol. The zero-order valence-electron chi connectivity index (χ0n) is 14.4. The summed E-state index contributed by atoms with van der Waals surface area (Å²) in [5.41, 5.74) is -1.06. The molecule has 0 heterocycles. The number of carboxylic acid groups (broad SMARTS) is 1. The number of aliphatic carboxylic acids is 1. The van der Waals surface area contributed by atoms with Gasteiger partial charge in [-0.2, -0.15) is 0 Å². The zero-order chi connectivity index (χ0) is 21.3. The number of nitrogens with one attached hydrogen (secondary N) is 1. The van der Waals surface area contributed by atoms with Gasteiger partial charge in [0.05, 0.1) is 26.9 Å². The smallest absolute Gasteiger partial charge is 0.318 e. The van der Waals surface area contributed by atoms with Gasteiger partial charge in [0.15, 0.2) is 5.83 Å². The van der Waals surface area contributed by atoms with E-state index in [4.69, 9.17) is 23.8 Å². The first-order valence-corrected chi connectivity index (χ1v) is 9.92. The van der Waals surface area contributed by atoms with Crippen molar-refractivity contribution in [1.29, 1.82) is 0 Å². The number of nitrogens with zero attached hydrogens (tertiary/aromatic N) is 1. The summed E-state index contributed by atoms with van der Waals surface area (Å²) in [6.45, 7) is 0. The van der Waals surface area contributed by atoms with Gasteiger partial charge >= 0.3 is 5.97 Å². The van der Waals surface area contributed by atoms with Crippen molar-refractivity contribution in [2.45, 2.75) is 0 Å². The van der Waals surface area contributed by atoms with Crippen LogP contribution in [-0.2, 0) is 4.79 Å². The SMILES string of the molecule is O=C(O)C1C(=S)C([N+](=O)[O-])=C(c2ccccc2)C(F)=C1Nc1ccc(I)cc1Cl. The average Bonchev–Trinajstić information content (AvgIpc) is 2.66. The molecule has 0 spiro atoms. The van der Waals surface area contributed by atoms with E-state index in [0.29, 0.717) is 0 Å². The van der Waals surface area contributed by atoms with Crippen LogP contribution in [0.3, 0.4) is 0 Å². The molecule has 29 heavy (non-hydrogen) atoms. The van der Waals surface area contributed by atoms with Gasteiger partial charge in [-0.3, -0.25) is 14.9 Å². The van der Waals surface area contributed by atoms with Crippen LogP contribution in [0.5, 0.6) is 0 Å². The second kappa shape index (κ2) is 8.56. The number of anilines is 1. The van der Waals surface area contributed by atoms with Crippen LogP contribution >= 0.6 is 46.4 Å². The van der Waals surface area contributed by atoms with Crippen molar-refractivity contribution in [3.05, 3.63) is 90.0 Å². The van der Waals surface area contributed by atoms with Crippen molar-refractivity contribution in [1.82, 2.24) is 0 Å². The largest absolute Gasteiger partial charge is 0.480 e. The van der Waals surface area contributed by atoms with Crippen LogP contribution < -0.4 is 5.32 Å². The monoisotopic (exact) mass is 544 g/mol. The number of rotatable bonds is 5. The third-order valence-corrected chi connectivity index (χ3v) is 5.58. The number of nitro groups is 1. The summed E-state index contributed by atoms with van der Waals surface area (Å²) in [7, 11) is 0. The van der Waals surface area contributed by atoms with Crippen LogP contribution in [0, 0.1) is 19.6 Å². The Labute approximate surface area is 188 Å². The molecule has 0 radical (unpaired) electrons. The molecule has 1 aliphatic rings. The molecule has 0 saturated heterocycles. The Bertz CT molecular complexity index is 1100. The lowest BCUT2D eigenvalue weighted by atomic mass is 9.86. The number of hydrogen-bond acceptors (Lipinski definition) is 5. The minimum Gasteiger partial charge on any atom is -0.480 e. The van der Waals surface area contributed by atoms with Crippen LogP contribution in [0.4, 0.5) is 10.1 Å². The number of carboxylic acids is 1. The van der Waals surface area contributed by atoms with Crippen molar-refractivity contribution in [2.24, 2.45) is 5.92 Å². The molecule has 0 saturated carbocycles. The molecule has 0 aromatic heterocycles. The topological polar surface area (TPSA) is 92.5 Å². The van der Waals surface area contributed by atoms with Gasteiger partial charge < -0.3 is 10.4 Å². The summed E-state index contributed by atoms with van der Waals surface area (Å²) in [5.74, 6) is -4.33. The van der Waals surface area contributed by atoms with Gasteiger partial charge in [-0.25, -0.2) is 4.39 Å². The number of halogens is 3. The van der Waals surface area contributed by atoms with E-state index in [9.17, 15) is 20.0 Å². The molecule has 0 bridgehead atoms. The van der Waals surface area contributed by atoms with Crippen molar-refractivity contribution in [3.63, 3.8) is 0 Å². The first kappa shape index (κ1) is 21.3. The number of benzene rings is 2. The predicted octanol–water partition coefficient (Wildman–Crippen LogP) is 5.31. The van der Waals surface area contributed by atoms with Gasteiger partial charge in [-0.1, -0.05) is 54.2 Å². The summed E-state index contributed by atoms with van der Waals surface area (Å²) < 4.78 is 16.4. The molecular weight excluding hydrogens is 534 g/mol. The van der Waals surface area contributed by atoms with E-state index < -0.39 is 38.9 Å². The quantitative estimate of drug-likeness (QED) is 0.229. The van der Waals surface area contributed by atoms with E-state index in [1.54, 1.807) is 36.4 Å². The Morgan fingerprint density at radius 3 is 2.48 bits per heavy atom. The molecular formula is C19H11ClFIN2O4S. The summed E-state index contributed by atoms with van der Waals surface area (Å²) in [6.07, 6.45) is 0. The summed E-state index contributed by atoms with van der Waals surface area (Å²) in [4.78, 5) is 22.2. The fourth-order valence-corrected chi connectivity index (χ4v) is 4.20. The Morgan fingerprint density at radius 1 is 1.28 bits per heavy atom. The van der Waals surface area contributed by atoms with Crippen LogP contribution in [0.1, 0.15) is 5.56 Å². The lowest BCUT2D eigenvalue weighted by Gasteiger charge is -2.25. The fourth-order valence-electron chi connectivity index (χ4n) is 2.90.